The maximum atomic E-state index is 4.24. The highest BCUT2D eigenvalue weighted by atomic mass is 79.9. The Hall–Kier alpha value is 0.520. The molecule has 11 heavy (non-hydrogen) atoms. The van der Waals surface area contributed by atoms with Gasteiger partial charge >= 0.3 is 0 Å². The largest absolute Gasteiger partial charge is 0.256 e. The topological polar surface area (TPSA) is 25.8 Å². The molecule has 0 saturated heterocycles. The van der Waals surface area contributed by atoms with E-state index in [1.165, 1.54) is 0 Å². The second-order valence-corrected chi connectivity index (χ2v) is 3.79. The summed E-state index contributed by atoms with van der Waals surface area (Å²) in [5.74, 6) is 0. The van der Waals surface area contributed by atoms with Gasteiger partial charge in [-0.1, -0.05) is 31.9 Å². The summed E-state index contributed by atoms with van der Waals surface area (Å²) in [4.78, 5) is 8.42. The lowest BCUT2D eigenvalue weighted by Gasteiger charge is -2.00. The molecule has 0 spiro atoms. The van der Waals surface area contributed by atoms with Crippen LogP contribution >= 0.6 is 47.8 Å². The molecule has 1 heterocycles. The minimum absolute atomic E-state index is 0.736. The Bertz CT molecular complexity index is 252. The Morgan fingerprint density at radius 2 is 1.82 bits per heavy atom. The molecule has 5 heteroatoms. The van der Waals surface area contributed by atoms with E-state index in [9.17, 15) is 0 Å². The zero-order valence-corrected chi connectivity index (χ0v) is 10.3. The zero-order valence-electron chi connectivity index (χ0n) is 5.52. The molecule has 0 aliphatic carbocycles. The van der Waals surface area contributed by atoms with Gasteiger partial charge in [0, 0.05) is 10.7 Å². The molecule has 0 saturated carbocycles. The fourth-order valence-electron chi connectivity index (χ4n) is 0.647. The third-order valence-corrected chi connectivity index (χ3v) is 2.60. The van der Waals surface area contributed by atoms with Crippen LogP contribution < -0.4 is 0 Å². The molecule has 1 aromatic heterocycles. The third kappa shape index (κ3) is 2.49. The number of rotatable bonds is 2. The second kappa shape index (κ2) is 4.52. The summed E-state index contributed by atoms with van der Waals surface area (Å²) in [6.45, 7) is 0. The van der Waals surface area contributed by atoms with Crippen LogP contribution in [-0.4, -0.2) is 9.97 Å². The van der Waals surface area contributed by atoms with Crippen LogP contribution in [-0.2, 0) is 10.7 Å². The molecule has 0 N–H and O–H groups in total. The van der Waals surface area contributed by atoms with E-state index in [0.717, 1.165) is 26.7 Å². The highest BCUT2D eigenvalue weighted by Gasteiger charge is 2.02. The van der Waals surface area contributed by atoms with Crippen LogP contribution in [0.15, 0.2) is 10.8 Å². The highest BCUT2D eigenvalue weighted by Crippen LogP contribution is 2.14. The van der Waals surface area contributed by atoms with E-state index < -0.39 is 0 Å². The molecule has 1 rings (SSSR count). The SMILES string of the molecule is BrCc1ncc(Br)nc1CBr. The van der Waals surface area contributed by atoms with Crippen LogP contribution in [0.4, 0.5) is 0 Å². The fourth-order valence-corrected chi connectivity index (χ4v) is 1.88. The summed E-state index contributed by atoms with van der Waals surface area (Å²) in [6.07, 6.45) is 1.70. The summed E-state index contributed by atoms with van der Waals surface area (Å²) < 4.78 is 0.775. The Labute approximate surface area is 90.2 Å². The standard InChI is InChI=1S/C6H5Br3N2/c7-1-4-5(2-8)11-6(9)3-10-4/h3H,1-2H2. The summed E-state index contributed by atoms with van der Waals surface area (Å²) in [5, 5.41) is 1.48. The monoisotopic (exact) mass is 342 g/mol. The smallest absolute Gasteiger partial charge is 0.124 e. The van der Waals surface area contributed by atoms with Gasteiger partial charge in [-0.05, 0) is 15.9 Å². The maximum absolute atomic E-state index is 4.24. The number of hydrogen-bond donors (Lipinski definition) is 0. The average molecular weight is 345 g/mol. The molecule has 2 nitrogen and oxygen atoms in total. The van der Waals surface area contributed by atoms with Gasteiger partial charge in [-0.25, -0.2) is 4.98 Å². The summed E-state index contributed by atoms with van der Waals surface area (Å²) in [7, 11) is 0. The van der Waals surface area contributed by atoms with E-state index in [4.69, 9.17) is 0 Å². The predicted molar refractivity (Wildman–Crippen MR) is 55.0 cm³/mol. The van der Waals surface area contributed by atoms with Crippen molar-refractivity contribution in [1.29, 1.82) is 0 Å². The van der Waals surface area contributed by atoms with Crippen molar-refractivity contribution in [1.82, 2.24) is 9.97 Å². The Morgan fingerprint density at radius 3 is 2.36 bits per heavy atom. The molecule has 0 aliphatic rings. The first kappa shape index (κ1) is 9.61. The van der Waals surface area contributed by atoms with E-state index in [1.54, 1.807) is 6.20 Å². The van der Waals surface area contributed by atoms with Crippen LogP contribution in [0.3, 0.4) is 0 Å². The van der Waals surface area contributed by atoms with Gasteiger partial charge < -0.3 is 0 Å². The van der Waals surface area contributed by atoms with Gasteiger partial charge in [0.2, 0.25) is 0 Å². The average Bonchev–Trinajstić information content (AvgIpc) is 2.04. The van der Waals surface area contributed by atoms with Crippen molar-refractivity contribution < 1.29 is 0 Å². The summed E-state index contributed by atoms with van der Waals surface area (Å²) in [5.41, 5.74) is 1.95. The van der Waals surface area contributed by atoms with Gasteiger partial charge in [-0.3, -0.25) is 4.98 Å². The minimum atomic E-state index is 0.736. The van der Waals surface area contributed by atoms with E-state index >= 15 is 0 Å². The van der Waals surface area contributed by atoms with E-state index in [2.05, 4.69) is 57.8 Å². The minimum Gasteiger partial charge on any atom is -0.256 e. The normalized spacial score (nSPS) is 10.1. The van der Waals surface area contributed by atoms with Crippen LogP contribution in [0.2, 0.25) is 0 Å². The molecule has 0 bridgehead atoms. The molecule has 0 unspecified atom stereocenters. The molecular formula is C6H5Br3N2. The van der Waals surface area contributed by atoms with Crippen LogP contribution in [0.1, 0.15) is 11.4 Å². The molecule has 60 valence electrons. The van der Waals surface area contributed by atoms with Gasteiger partial charge in [0.15, 0.2) is 0 Å². The first-order valence-corrected chi connectivity index (χ1v) is 5.93. The lowest BCUT2D eigenvalue weighted by Crippen LogP contribution is -1.96. The van der Waals surface area contributed by atoms with Crippen molar-refractivity contribution in [2.75, 3.05) is 0 Å². The second-order valence-electron chi connectivity index (χ2n) is 1.85. The quantitative estimate of drug-likeness (QED) is 0.771. The number of nitrogens with zero attached hydrogens (tertiary/aromatic N) is 2. The number of hydrogen-bond acceptors (Lipinski definition) is 2. The Morgan fingerprint density at radius 1 is 1.18 bits per heavy atom. The maximum Gasteiger partial charge on any atom is 0.124 e. The predicted octanol–water partition coefficient (Wildman–Crippen LogP) is 3.03. The lowest BCUT2D eigenvalue weighted by molar-refractivity contribution is 1.01. The first-order chi connectivity index (χ1) is 5.27. The molecular weight excluding hydrogens is 340 g/mol. The number of alkyl halides is 2. The van der Waals surface area contributed by atoms with Gasteiger partial charge in [-0.2, -0.15) is 0 Å². The van der Waals surface area contributed by atoms with Crippen LogP contribution in [0, 0.1) is 0 Å². The molecule has 0 fully saturated rings. The number of aromatic nitrogens is 2. The van der Waals surface area contributed by atoms with Gasteiger partial charge in [0.1, 0.15) is 4.60 Å². The number of halogens is 3. The van der Waals surface area contributed by atoms with Crippen molar-refractivity contribution in [3.63, 3.8) is 0 Å². The zero-order chi connectivity index (χ0) is 8.27. The summed E-state index contributed by atoms with van der Waals surface area (Å²) in [6, 6.07) is 0. The Kier molecular flexibility index (Phi) is 3.95. The van der Waals surface area contributed by atoms with Crippen molar-refractivity contribution in [2.45, 2.75) is 10.7 Å². The van der Waals surface area contributed by atoms with E-state index in [1.807, 2.05) is 0 Å². The molecule has 0 aromatic carbocycles. The molecule has 0 radical (unpaired) electrons. The molecule has 0 atom stereocenters. The van der Waals surface area contributed by atoms with Crippen LogP contribution in [0.5, 0.6) is 0 Å². The van der Waals surface area contributed by atoms with Crippen LogP contribution in [0.25, 0.3) is 0 Å². The van der Waals surface area contributed by atoms with E-state index in [0.29, 0.717) is 0 Å². The highest BCUT2D eigenvalue weighted by molar-refractivity contribution is 9.10. The molecule has 0 amide bonds. The van der Waals surface area contributed by atoms with Crippen molar-refractivity contribution >= 4 is 47.8 Å². The first-order valence-electron chi connectivity index (χ1n) is 2.90. The van der Waals surface area contributed by atoms with Gasteiger partial charge in [0.25, 0.3) is 0 Å². The molecule has 0 aliphatic heterocycles. The van der Waals surface area contributed by atoms with Gasteiger partial charge in [-0.15, -0.1) is 0 Å². The van der Waals surface area contributed by atoms with Crippen molar-refractivity contribution in [3.05, 3.63) is 22.2 Å². The van der Waals surface area contributed by atoms with Crippen molar-refractivity contribution in [3.8, 4) is 0 Å². The summed E-state index contributed by atoms with van der Waals surface area (Å²) >= 11 is 9.93. The van der Waals surface area contributed by atoms with E-state index in [-0.39, 0.29) is 0 Å². The molecule has 1 aromatic rings. The fraction of sp³-hybridized carbons (Fsp3) is 0.333. The lowest BCUT2D eigenvalue weighted by atomic mass is 10.4. The van der Waals surface area contributed by atoms with Gasteiger partial charge in [0.05, 0.1) is 17.6 Å². The Balaban J connectivity index is 3.06. The third-order valence-electron chi connectivity index (χ3n) is 1.15. The van der Waals surface area contributed by atoms with Crippen molar-refractivity contribution in [2.24, 2.45) is 0 Å².